The molecule has 2 nitrogen and oxygen atoms in total. The van der Waals surface area contributed by atoms with Crippen molar-refractivity contribution < 1.29 is 9.53 Å². The first-order valence-electron chi connectivity index (χ1n) is 5.51. The molecule has 0 radical (unpaired) electrons. The number of rotatable bonds is 3. The molecule has 0 aromatic heterocycles. The number of carbonyl (C=O) groups is 1. The van der Waals surface area contributed by atoms with Gasteiger partial charge in [-0.05, 0) is 12.8 Å². The molecule has 0 saturated heterocycles. The molecule has 2 saturated carbocycles. The van der Waals surface area contributed by atoms with Gasteiger partial charge in [0.05, 0.1) is 0 Å². The van der Waals surface area contributed by atoms with E-state index in [1.807, 2.05) is 6.08 Å². The third-order valence-corrected chi connectivity index (χ3v) is 3.71. The van der Waals surface area contributed by atoms with E-state index in [0.717, 1.165) is 6.42 Å². The van der Waals surface area contributed by atoms with Crippen LogP contribution in [0, 0.1) is 11.8 Å². The van der Waals surface area contributed by atoms with Crippen molar-refractivity contribution in [2.45, 2.75) is 44.6 Å². The van der Waals surface area contributed by atoms with Crippen LogP contribution < -0.4 is 0 Å². The molecule has 0 bridgehead atoms. The quantitative estimate of drug-likeness (QED) is 0.510. The molecule has 0 heterocycles. The third kappa shape index (κ3) is 1.37. The van der Waals surface area contributed by atoms with Crippen LogP contribution in [0.4, 0.5) is 0 Å². The fraction of sp³-hybridized carbons (Fsp3) is 0.750. The smallest absolute Gasteiger partial charge is 0.303 e. The van der Waals surface area contributed by atoms with E-state index < -0.39 is 0 Å². The summed E-state index contributed by atoms with van der Waals surface area (Å²) in [4.78, 5) is 11.1. The van der Waals surface area contributed by atoms with E-state index in [1.54, 1.807) is 0 Å². The molecule has 2 fully saturated rings. The molecule has 0 amide bonds. The van der Waals surface area contributed by atoms with Crippen molar-refractivity contribution in [2.75, 3.05) is 0 Å². The summed E-state index contributed by atoms with van der Waals surface area (Å²) in [7, 11) is 0. The molecule has 2 aliphatic carbocycles. The summed E-state index contributed by atoms with van der Waals surface area (Å²) in [5.74, 6) is 1.11. The second-order valence-corrected chi connectivity index (χ2v) is 4.54. The van der Waals surface area contributed by atoms with Gasteiger partial charge in [-0.25, -0.2) is 0 Å². The van der Waals surface area contributed by atoms with Crippen LogP contribution in [0.25, 0.3) is 0 Å². The average molecular weight is 194 g/mol. The molecule has 1 unspecified atom stereocenters. The predicted molar refractivity (Wildman–Crippen MR) is 54.8 cm³/mol. The maximum Gasteiger partial charge on any atom is 0.303 e. The molecular formula is C12H18O2. The van der Waals surface area contributed by atoms with Gasteiger partial charge >= 0.3 is 5.97 Å². The van der Waals surface area contributed by atoms with E-state index >= 15 is 0 Å². The highest BCUT2D eigenvalue weighted by molar-refractivity contribution is 5.67. The maximum atomic E-state index is 11.1. The van der Waals surface area contributed by atoms with Gasteiger partial charge in [0.1, 0.15) is 5.60 Å². The average Bonchev–Trinajstić information content (AvgIpc) is 2.74. The highest BCUT2D eigenvalue weighted by Crippen LogP contribution is 2.62. The van der Waals surface area contributed by atoms with Gasteiger partial charge in [-0.3, -0.25) is 4.79 Å². The molecule has 0 aromatic rings. The molecular weight excluding hydrogens is 176 g/mol. The van der Waals surface area contributed by atoms with Gasteiger partial charge in [-0.2, -0.15) is 0 Å². The van der Waals surface area contributed by atoms with Crippen molar-refractivity contribution in [1.82, 2.24) is 0 Å². The Labute approximate surface area is 85.3 Å². The Bertz CT molecular complexity index is 245. The Kier molecular flexibility index (Phi) is 2.38. The van der Waals surface area contributed by atoms with E-state index in [0.29, 0.717) is 11.8 Å². The van der Waals surface area contributed by atoms with E-state index in [9.17, 15) is 4.79 Å². The Morgan fingerprint density at radius 2 is 2.07 bits per heavy atom. The minimum atomic E-state index is -0.149. The lowest BCUT2D eigenvalue weighted by atomic mass is 10.0. The molecule has 2 aliphatic rings. The molecule has 3 atom stereocenters. The van der Waals surface area contributed by atoms with Crippen LogP contribution in [0.15, 0.2) is 12.7 Å². The zero-order chi connectivity index (χ0) is 10.2. The Hall–Kier alpha value is -0.790. The number of ether oxygens (including phenoxy) is 1. The summed E-state index contributed by atoms with van der Waals surface area (Å²) < 4.78 is 5.53. The predicted octanol–water partition coefficient (Wildman–Crippen LogP) is 2.68. The molecule has 0 aromatic carbocycles. The van der Waals surface area contributed by atoms with E-state index in [2.05, 4.69) is 6.58 Å². The summed E-state index contributed by atoms with van der Waals surface area (Å²) in [5.41, 5.74) is -0.149. The van der Waals surface area contributed by atoms with Gasteiger partial charge in [-0.1, -0.05) is 18.9 Å². The lowest BCUT2D eigenvalue weighted by molar-refractivity contribution is -0.150. The Balaban J connectivity index is 2.08. The topological polar surface area (TPSA) is 26.3 Å². The molecule has 2 heteroatoms. The minimum Gasteiger partial charge on any atom is -0.458 e. The van der Waals surface area contributed by atoms with Crippen LogP contribution in [0.5, 0.6) is 0 Å². The molecule has 0 N–H and O–H groups in total. The van der Waals surface area contributed by atoms with Crippen LogP contribution in [-0.4, -0.2) is 11.6 Å². The zero-order valence-corrected chi connectivity index (χ0v) is 8.79. The second kappa shape index (κ2) is 3.41. The number of fused-ring (bicyclic) bond motifs is 1. The van der Waals surface area contributed by atoms with Crippen LogP contribution in [0.1, 0.15) is 39.0 Å². The standard InChI is InChI=1S/C12H18O2/c1-3-8-12(14-9(2)13)10-6-4-5-7-11(10)12/h3,10-11H,1,4-8H2,2H3/t10-,11+,12?. The van der Waals surface area contributed by atoms with Gasteiger partial charge < -0.3 is 4.74 Å². The zero-order valence-electron chi connectivity index (χ0n) is 8.79. The molecule has 14 heavy (non-hydrogen) atoms. The van der Waals surface area contributed by atoms with Gasteiger partial charge in [0, 0.05) is 25.2 Å². The van der Waals surface area contributed by atoms with Crippen LogP contribution in [0.2, 0.25) is 0 Å². The van der Waals surface area contributed by atoms with E-state index in [1.165, 1.54) is 32.6 Å². The molecule has 2 rings (SSSR count). The number of hydrogen-bond donors (Lipinski definition) is 0. The lowest BCUT2D eigenvalue weighted by Gasteiger charge is -2.16. The second-order valence-electron chi connectivity index (χ2n) is 4.54. The van der Waals surface area contributed by atoms with Crippen LogP contribution in [0.3, 0.4) is 0 Å². The summed E-state index contributed by atoms with van der Waals surface area (Å²) >= 11 is 0. The summed E-state index contributed by atoms with van der Waals surface area (Å²) in [6.45, 7) is 5.27. The first-order chi connectivity index (χ1) is 6.70. The first kappa shape index (κ1) is 9.75. The molecule has 0 spiro atoms. The maximum absolute atomic E-state index is 11.1. The number of hydrogen-bond acceptors (Lipinski definition) is 2. The normalized spacial score (nSPS) is 39.8. The van der Waals surface area contributed by atoms with Crippen LogP contribution >= 0.6 is 0 Å². The van der Waals surface area contributed by atoms with Gasteiger partial charge in [-0.15, -0.1) is 6.58 Å². The highest BCUT2D eigenvalue weighted by atomic mass is 16.6. The first-order valence-corrected chi connectivity index (χ1v) is 5.51. The van der Waals surface area contributed by atoms with Gasteiger partial charge in [0.25, 0.3) is 0 Å². The largest absolute Gasteiger partial charge is 0.458 e. The monoisotopic (exact) mass is 194 g/mol. The van der Waals surface area contributed by atoms with Crippen molar-refractivity contribution in [2.24, 2.45) is 11.8 Å². The van der Waals surface area contributed by atoms with Gasteiger partial charge in [0.2, 0.25) is 0 Å². The van der Waals surface area contributed by atoms with E-state index in [-0.39, 0.29) is 11.6 Å². The summed E-state index contributed by atoms with van der Waals surface area (Å²) in [6.07, 6.45) is 7.77. The van der Waals surface area contributed by atoms with Crippen molar-refractivity contribution >= 4 is 5.97 Å². The molecule has 0 aliphatic heterocycles. The number of carbonyl (C=O) groups excluding carboxylic acids is 1. The molecule has 78 valence electrons. The summed E-state index contributed by atoms with van der Waals surface area (Å²) in [6, 6.07) is 0. The summed E-state index contributed by atoms with van der Waals surface area (Å²) in [5, 5.41) is 0. The number of esters is 1. The SMILES string of the molecule is C=CCC1(OC(C)=O)[C@@H]2CCCC[C@@H]21. The van der Waals surface area contributed by atoms with Crippen molar-refractivity contribution in [3.63, 3.8) is 0 Å². The Morgan fingerprint density at radius 1 is 1.50 bits per heavy atom. The van der Waals surface area contributed by atoms with Crippen molar-refractivity contribution in [3.05, 3.63) is 12.7 Å². The van der Waals surface area contributed by atoms with Crippen molar-refractivity contribution in [3.8, 4) is 0 Å². The highest BCUT2D eigenvalue weighted by Gasteiger charge is 2.66. The fourth-order valence-corrected chi connectivity index (χ4v) is 3.18. The minimum absolute atomic E-state index is 0.138. The van der Waals surface area contributed by atoms with Crippen LogP contribution in [-0.2, 0) is 9.53 Å². The third-order valence-electron chi connectivity index (χ3n) is 3.71. The fourth-order valence-electron chi connectivity index (χ4n) is 3.18. The Morgan fingerprint density at radius 3 is 2.50 bits per heavy atom. The van der Waals surface area contributed by atoms with Gasteiger partial charge in [0.15, 0.2) is 0 Å². The lowest BCUT2D eigenvalue weighted by Crippen LogP contribution is -2.21. The van der Waals surface area contributed by atoms with E-state index in [4.69, 9.17) is 4.74 Å². The van der Waals surface area contributed by atoms with Crippen molar-refractivity contribution in [1.29, 1.82) is 0 Å².